The molecule has 0 saturated carbocycles. The minimum absolute atomic E-state index is 0.0902. The van der Waals surface area contributed by atoms with Crippen molar-refractivity contribution in [2.75, 3.05) is 13.2 Å². The Morgan fingerprint density at radius 3 is 2.41 bits per heavy atom. The second kappa shape index (κ2) is 8.37. The van der Waals surface area contributed by atoms with Crippen LogP contribution >= 0.6 is 0 Å². The minimum atomic E-state index is -0.315. The SMILES string of the molecule is Cc1ccc(C)c(C(=O)C2CC3COCC(C2)N3C(=O)OCc2ccccc2)c1. The Kier molecular flexibility index (Phi) is 5.67. The van der Waals surface area contributed by atoms with Gasteiger partial charge in [-0.05, 0) is 43.9 Å². The van der Waals surface area contributed by atoms with Crippen LogP contribution in [0.15, 0.2) is 48.5 Å². The maximum atomic E-state index is 13.2. The van der Waals surface area contributed by atoms with Crippen molar-refractivity contribution in [1.29, 1.82) is 0 Å². The number of hydrogen-bond acceptors (Lipinski definition) is 4. The third kappa shape index (κ3) is 4.20. The summed E-state index contributed by atoms with van der Waals surface area (Å²) in [5, 5.41) is 0. The number of carbonyl (C=O) groups excluding carboxylic acids is 2. The first-order valence-corrected chi connectivity index (χ1v) is 10.2. The Labute approximate surface area is 171 Å². The van der Waals surface area contributed by atoms with Gasteiger partial charge < -0.3 is 9.47 Å². The Hall–Kier alpha value is -2.66. The van der Waals surface area contributed by atoms with Gasteiger partial charge in [-0.3, -0.25) is 9.69 Å². The number of nitrogens with zero attached hydrogens (tertiary/aromatic N) is 1. The number of aryl methyl sites for hydroxylation is 2. The topological polar surface area (TPSA) is 55.8 Å². The number of amides is 1. The molecule has 152 valence electrons. The highest BCUT2D eigenvalue weighted by molar-refractivity contribution is 5.99. The zero-order chi connectivity index (χ0) is 20.4. The Morgan fingerprint density at radius 2 is 1.72 bits per heavy atom. The molecule has 2 saturated heterocycles. The highest BCUT2D eigenvalue weighted by atomic mass is 16.6. The number of hydrogen-bond donors (Lipinski definition) is 0. The van der Waals surface area contributed by atoms with Crippen LogP contribution in [-0.4, -0.2) is 42.1 Å². The predicted octanol–water partition coefficient (Wildman–Crippen LogP) is 4.30. The Bertz CT molecular complexity index is 881. The molecule has 4 rings (SSSR count). The first kappa shape index (κ1) is 19.6. The Morgan fingerprint density at radius 1 is 1.03 bits per heavy atom. The summed E-state index contributed by atoms with van der Waals surface area (Å²) in [7, 11) is 0. The zero-order valence-electron chi connectivity index (χ0n) is 17.0. The summed E-state index contributed by atoms with van der Waals surface area (Å²) >= 11 is 0. The average Bonchev–Trinajstić information content (AvgIpc) is 2.73. The van der Waals surface area contributed by atoms with Gasteiger partial charge in [0.2, 0.25) is 0 Å². The molecule has 2 unspecified atom stereocenters. The van der Waals surface area contributed by atoms with Crippen LogP contribution < -0.4 is 0 Å². The van der Waals surface area contributed by atoms with Gasteiger partial charge in [0.25, 0.3) is 0 Å². The molecule has 2 aliphatic heterocycles. The van der Waals surface area contributed by atoms with Gasteiger partial charge in [0.05, 0.1) is 25.3 Å². The molecule has 2 aliphatic rings. The van der Waals surface area contributed by atoms with Crippen LogP contribution in [0.3, 0.4) is 0 Å². The maximum absolute atomic E-state index is 13.2. The van der Waals surface area contributed by atoms with Crippen molar-refractivity contribution >= 4 is 11.9 Å². The molecule has 2 heterocycles. The minimum Gasteiger partial charge on any atom is -0.445 e. The molecule has 2 bridgehead atoms. The van der Waals surface area contributed by atoms with Crippen LogP contribution in [0.25, 0.3) is 0 Å². The molecular weight excluding hydrogens is 366 g/mol. The number of fused-ring (bicyclic) bond motifs is 2. The summed E-state index contributed by atoms with van der Waals surface area (Å²) in [5.74, 6) is 0.0907. The van der Waals surface area contributed by atoms with E-state index < -0.39 is 0 Å². The average molecular weight is 393 g/mol. The fourth-order valence-corrected chi connectivity index (χ4v) is 4.44. The summed E-state index contributed by atoms with van der Waals surface area (Å²) in [5.41, 5.74) is 3.85. The van der Waals surface area contributed by atoms with Gasteiger partial charge in [-0.15, -0.1) is 0 Å². The number of ether oxygens (including phenoxy) is 2. The fraction of sp³-hybridized carbons (Fsp3) is 0.417. The van der Waals surface area contributed by atoms with Gasteiger partial charge in [0, 0.05) is 11.5 Å². The first-order chi connectivity index (χ1) is 14.0. The standard InChI is InChI=1S/C24H27NO4/c1-16-8-9-17(2)22(10-16)23(26)19-11-20-14-28-15-21(12-19)25(20)24(27)29-13-18-6-4-3-5-7-18/h3-10,19-21H,11-15H2,1-2H3. The van der Waals surface area contributed by atoms with Crippen LogP contribution in [-0.2, 0) is 16.1 Å². The van der Waals surface area contributed by atoms with Crippen molar-refractivity contribution in [3.63, 3.8) is 0 Å². The number of ketones is 1. The lowest BCUT2D eigenvalue weighted by Gasteiger charge is -2.47. The zero-order valence-corrected chi connectivity index (χ0v) is 17.0. The molecule has 1 amide bonds. The molecule has 2 atom stereocenters. The second-order valence-corrected chi connectivity index (χ2v) is 8.14. The molecule has 0 aromatic heterocycles. The van der Waals surface area contributed by atoms with Gasteiger partial charge in [-0.1, -0.05) is 48.0 Å². The summed E-state index contributed by atoms with van der Waals surface area (Å²) in [6.07, 6.45) is 0.913. The molecule has 5 nitrogen and oxygen atoms in total. The molecule has 2 aromatic rings. The molecule has 0 radical (unpaired) electrons. The highest BCUT2D eigenvalue weighted by Crippen LogP contribution is 2.34. The quantitative estimate of drug-likeness (QED) is 0.727. The van der Waals surface area contributed by atoms with Crippen molar-refractivity contribution in [3.05, 3.63) is 70.8 Å². The molecule has 0 aliphatic carbocycles. The normalized spacial score (nSPS) is 23.5. The number of benzene rings is 2. The van der Waals surface area contributed by atoms with Crippen LogP contribution in [0.1, 0.15) is 39.9 Å². The van der Waals surface area contributed by atoms with E-state index in [0.29, 0.717) is 26.1 Å². The van der Waals surface area contributed by atoms with E-state index in [0.717, 1.165) is 22.3 Å². The van der Waals surface area contributed by atoms with E-state index >= 15 is 0 Å². The van der Waals surface area contributed by atoms with Crippen molar-refractivity contribution in [3.8, 4) is 0 Å². The van der Waals surface area contributed by atoms with Crippen LogP contribution in [0.5, 0.6) is 0 Å². The van der Waals surface area contributed by atoms with E-state index in [4.69, 9.17) is 9.47 Å². The lowest BCUT2D eigenvalue weighted by Crippen LogP contribution is -2.59. The number of carbonyl (C=O) groups is 2. The largest absolute Gasteiger partial charge is 0.445 e. The first-order valence-electron chi connectivity index (χ1n) is 10.2. The number of piperidine rings is 1. The van der Waals surface area contributed by atoms with E-state index in [2.05, 4.69) is 0 Å². The monoisotopic (exact) mass is 393 g/mol. The van der Waals surface area contributed by atoms with Gasteiger partial charge in [-0.25, -0.2) is 4.79 Å². The van der Waals surface area contributed by atoms with Gasteiger partial charge in [0.15, 0.2) is 5.78 Å². The smallest absolute Gasteiger partial charge is 0.410 e. The van der Waals surface area contributed by atoms with E-state index in [-0.39, 0.29) is 36.5 Å². The maximum Gasteiger partial charge on any atom is 0.410 e. The summed E-state index contributed by atoms with van der Waals surface area (Å²) in [6.45, 7) is 5.14. The molecule has 5 heteroatoms. The Balaban J connectivity index is 1.45. The lowest BCUT2D eigenvalue weighted by molar-refractivity contribution is -0.0755. The molecule has 0 N–H and O–H groups in total. The van der Waals surface area contributed by atoms with Crippen LogP contribution in [0, 0.1) is 19.8 Å². The molecule has 29 heavy (non-hydrogen) atoms. The van der Waals surface area contributed by atoms with Gasteiger partial charge >= 0.3 is 6.09 Å². The van der Waals surface area contributed by atoms with Crippen molar-refractivity contribution < 1.29 is 19.1 Å². The molecule has 2 aromatic carbocycles. The van der Waals surface area contributed by atoms with E-state index in [9.17, 15) is 9.59 Å². The lowest BCUT2D eigenvalue weighted by atomic mass is 9.80. The van der Waals surface area contributed by atoms with Crippen LogP contribution in [0.4, 0.5) is 4.79 Å². The fourth-order valence-electron chi connectivity index (χ4n) is 4.44. The third-order valence-corrected chi connectivity index (χ3v) is 5.97. The third-order valence-electron chi connectivity index (χ3n) is 5.97. The van der Waals surface area contributed by atoms with Crippen molar-refractivity contribution in [2.24, 2.45) is 5.92 Å². The number of Topliss-reactive ketones (excluding diaryl/α,β-unsaturated/α-hetero) is 1. The number of rotatable bonds is 4. The summed E-state index contributed by atoms with van der Waals surface area (Å²) in [6, 6.07) is 15.4. The highest BCUT2D eigenvalue weighted by Gasteiger charge is 2.44. The van der Waals surface area contributed by atoms with Crippen molar-refractivity contribution in [1.82, 2.24) is 4.90 Å². The predicted molar refractivity (Wildman–Crippen MR) is 110 cm³/mol. The number of morpholine rings is 1. The molecule has 0 spiro atoms. The van der Waals surface area contributed by atoms with E-state index in [1.807, 2.05) is 62.4 Å². The molecule has 2 fully saturated rings. The van der Waals surface area contributed by atoms with E-state index in [1.165, 1.54) is 0 Å². The second-order valence-electron chi connectivity index (χ2n) is 8.14. The van der Waals surface area contributed by atoms with Gasteiger partial charge in [0.1, 0.15) is 6.61 Å². The summed E-state index contributed by atoms with van der Waals surface area (Å²) < 4.78 is 11.3. The molecular formula is C24H27NO4. The van der Waals surface area contributed by atoms with Crippen molar-refractivity contribution in [2.45, 2.75) is 45.4 Å². The van der Waals surface area contributed by atoms with Gasteiger partial charge in [-0.2, -0.15) is 0 Å². The van der Waals surface area contributed by atoms with E-state index in [1.54, 1.807) is 4.90 Å². The summed E-state index contributed by atoms with van der Waals surface area (Å²) in [4.78, 5) is 27.8. The van der Waals surface area contributed by atoms with Crippen LogP contribution in [0.2, 0.25) is 0 Å².